The van der Waals surface area contributed by atoms with Crippen LogP contribution in [0.1, 0.15) is 21.9 Å². The number of aryl methyl sites for hydroxylation is 1. The van der Waals surface area contributed by atoms with Crippen molar-refractivity contribution >= 4 is 23.0 Å². The minimum absolute atomic E-state index is 0.0175. The van der Waals surface area contributed by atoms with E-state index in [1.54, 1.807) is 24.3 Å². The Kier molecular flexibility index (Phi) is 6.91. The number of rotatable bonds is 9. The van der Waals surface area contributed by atoms with Crippen LogP contribution in [0.15, 0.2) is 83.3 Å². The highest BCUT2D eigenvalue weighted by atomic mass is 16.6. The SMILES string of the molecule is Cc1cccc(Oc2cc(NC(=O)c3ccc(COc4ccc([N+](=O)[O-])cc4)o3)cc([N+](=O)[O-])c2)c1. The maximum atomic E-state index is 12.7. The van der Waals surface area contributed by atoms with E-state index in [0.29, 0.717) is 17.3 Å². The molecule has 36 heavy (non-hydrogen) atoms. The lowest BCUT2D eigenvalue weighted by Gasteiger charge is -2.09. The highest BCUT2D eigenvalue weighted by molar-refractivity contribution is 6.02. The standard InChI is InChI=1S/C25H19N3O8/c1-16-3-2-4-21(11-16)35-23-13-17(12-19(14-23)28(32)33)26-25(29)24-10-9-22(36-24)15-34-20-7-5-18(6-8-20)27(30)31/h2-14H,15H2,1H3,(H,26,29). The Morgan fingerprint density at radius 3 is 2.31 bits per heavy atom. The van der Waals surface area contributed by atoms with Crippen molar-refractivity contribution in [3.63, 3.8) is 0 Å². The van der Waals surface area contributed by atoms with E-state index in [1.165, 1.54) is 48.5 Å². The zero-order valence-electron chi connectivity index (χ0n) is 18.9. The summed E-state index contributed by atoms with van der Waals surface area (Å²) in [7, 11) is 0. The van der Waals surface area contributed by atoms with Crippen molar-refractivity contribution < 1.29 is 28.5 Å². The minimum atomic E-state index is -0.626. The van der Waals surface area contributed by atoms with Crippen LogP contribution in [0.4, 0.5) is 17.1 Å². The number of furan rings is 1. The van der Waals surface area contributed by atoms with E-state index in [0.717, 1.165) is 5.56 Å². The van der Waals surface area contributed by atoms with Gasteiger partial charge in [0, 0.05) is 24.3 Å². The molecule has 0 saturated carbocycles. The molecule has 0 aliphatic rings. The number of carbonyl (C=O) groups is 1. The van der Waals surface area contributed by atoms with E-state index in [-0.39, 0.29) is 35.2 Å². The first-order valence-electron chi connectivity index (χ1n) is 10.6. The Hall–Kier alpha value is -5.19. The van der Waals surface area contributed by atoms with Gasteiger partial charge in [-0.15, -0.1) is 0 Å². The van der Waals surface area contributed by atoms with Gasteiger partial charge in [0.2, 0.25) is 0 Å². The topological polar surface area (TPSA) is 147 Å². The van der Waals surface area contributed by atoms with Crippen LogP contribution in [0, 0.1) is 27.2 Å². The van der Waals surface area contributed by atoms with E-state index in [1.807, 2.05) is 13.0 Å². The molecule has 3 aromatic carbocycles. The average Bonchev–Trinajstić information content (AvgIpc) is 3.32. The molecule has 0 atom stereocenters. The molecule has 11 nitrogen and oxygen atoms in total. The molecule has 0 spiro atoms. The van der Waals surface area contributed by atoms with Crippen LogP contribution in [0.2, 0.25) is 0 Å². The van der Waals surface area contributed by atoms with Gasteiger partial charge in [0.25, 0.3) is 17.3 Å². The summed E-state index contributed by atoms with van der Waals surface area (Å²) in [6.45, 7) is 1.87. The Balaban J connectivity index is 1.43. The van der Waals surface area contributed by atoms with Crippen molar-refractivity contribution in [2.75, 3.05) is 5.32 Å². The van der Waals surface area contributed by atoms with Crippen molar-refractivity contribution in [2.45, 2.75) is 13.5 Å². The molecule has 4 rings (SSSR count). The molecule has 1 aromatic heterocycles. The summed E-state index contributed by atoms with van der Waals surface area (Å²) in [5.74, 6) is 0.739. The second-order valence-electron chi connectivity index (χ2n) is 7.65. The lowest BCUT2D eigenvalue weighted by molar-refractivity contribution is -0.385. The largest absolute Gasteiger partial charge is 0.486 e. The van der Waals surface area contributed by atoms with Crippen LogP contribution in [0.25, 0.3) is 0 Å². The van der Waals surface area contributed by atoms with Crippen LogP contribution in [0.5, 0.6) is 17.2 Å². The predicted molar refractivity (Wildman–Crippen MR) is 128 cm³/mol. The van der Waals surface area contributed by atoms with Crippen molar-refractivity contribution in [1.29, 1.82) is 0 Å². The third kappa shape index (κ3) is 6.03. The van der Waals surface area contributed by atoms with E-state index in [4.69, 9.17) is 13.9 Å². The zero-order chi connectivity index (χ0) is 25.7. The number of benzene rings is 3. The number of hydrogen-bond acceptors (Lipinski definition) is 8. The van der Waals surface area contributed by atoms with Gasteiger partial charge in [-0.1, -0.05) is 12.1 Å². The van der Waals surface area contributed by atoms with Crippen molar-refractivity contribution in [3.8, 4) is 17.2 Å². The van der Waals surface area contributed by atoms with Gasteiger partial charge in [-0.3, -0.25) is 25.0 Å². The number of nitro benzene ring substituents is 2. The smallest absolute Gasteiger partial charge is 0.291 e. The lowest BCUT2D eigenvalue weighted by Crippen LogP contribution is -2.11. The first-order valence-corrected chi connectivity index (χ1v) is 10.6. The van der Waals surface area contributed by atoms with E-state index < -0.39 is 15.8 Å². The summed E-state index contributed by atoms with van der Waals surface area (Å²) < 4.78 is 16.8. The Morgan fingerprint density at radius 1 is 0.861 bits per heavy atom. The fourth-order valence-electron chi connectivity index (χ4n) is 3.22. The maximum Gasteiger partial charge on any atom is 0.291 e. The number of non-ortho nitro benzene ring substituents is 2. The molecule has 11 heteroatoms. The number of amides is 1. The number of carbonyl (C=O) groups excluding carboxylic acids is 1. The molecule has 0 saturated heterocycles. The first-order chi connectivity index (χ1) is 17.3. The molecule has 1 N–H and O–H groups in total. The van der Waals surface area contributed by atoms with Gasteiger partial charge in [-0.05, 0) is 48.9 Å². The number of anilines is 1. The van der Waals surface area contributed by atoms with Gasteiger partial charge in [-0.25, -0.2) is 0 Å². The van der Waals surface area contributed by atoms with Crippen LogP contribution in [0.3, 0.4) is 0 Å². The summed E-state index contributed by atoms with van der Waals surface area (Å²) in [6, 6.07) is 19.6. The lowest BCUT2D eigenvalue weighted by atomic mass is 10.2. The molecule has 0 unspecified atom stereocenters. The number of nitrogens with zero attached hydrogens (tertiary/aromatic N) is 2. The van der Waals surface area contributed by atoms with Gasteiger partial charge in [0.05, 0.1) is 21.6 Å². The number of ether oxygens (including phenoxy) is 2. The predicted octanol–water partition coefficient (Wildman–Crippen LogP) is 6.03. The van der Waals surface area contributed by atoms with Crippen molar-refractivity contribution in [1.82, 2.24) is 0 Å². The van der Waals surface area contributed by atoms with Gasteiger partial charge < -0.3 is 19.2 Å². The second-order valence-corrected chi connectivity index (χ2v) is 7.65. The molecular formula is C25H19N3O8. The maximum absolute atomic E-state index is 12.7. The fraction of sp³-hybridized carbons (Fsp3) is 0.0800. The van der Waals surface area contributed by atoms with Crippen molar-refractivity contribution in [3.05, 3.63) is 116 Å². The molecular weight excluding hydrogens is 470 g/mol. The monoisotopic (exact) mass is 489 g/mol. The van der Waals surface area contributed by atoms with Crippen LogP contribution in [-0.4, -0.2) is 15.8 Å². The Bertz CT molecular complexity index is 1430. The fourth-order valence-corrected chi connectivity index (χ4v) is 3.22. The molecule has 0 fully saturated rings. The molecule has 1 heterocycles. The third-order valence-corrected chi connectivity index (χ3v) is 4.90. The van der Waals surface area contributed by atoms with Crippen molar-refractivity contribution in [2.24, 2.45) is 0 Å². The molecule has 0 bridgehead atoms. The molecule has 1 amide bonds. The van der Waals surface area contributed by atoms with E-state index >= 15 is 0 Å². The summed E-state index contributed by atoms with van der Waals surface area (Å²) in [5.41, 5.74) is 0.787. The summed E-state index contributed by atoms with van der Waals surface area (Å²) in [4.78, 5) is 33.7. The van der Waals surface area contributed by atoms with Gasteiger partial charge >= 0.3 is 0 Å². The zero-order valence-corrected chi connectivity index (χ0v) is 18.9. The number of hydrogen-bond donors (Lipinski definition) is 1. The highest BCUT2D eigenvalue weighted by Crippen LogP contribution is 2.30. The first kappa shape index (κ1) is 24.0. The number of nitro groups is 2. The van der Waals surface area contributed by atoms with Gasteiger partial charge in [0.1, 0.15) is 29.6 Å². The van der Waals surface area contributed by atoms with Crippen LogP contribution >= 0.6 is 0 Å². The van der Waals surface area contributed by atoms with E-state index in [9.17, 15) is 25.0 Å². The van der Waals surface area contributed by atoms with E-state index in [2.05, 4.69) is 5.32 Å². The van der Waals surface area contributed by atoms with Gasteiger partial charge in [-0.2, -0.15) is 0 Å². The van der Waals surface area contributed by atoms with Gasteiger partial charge in [0.15, 0.2) is 5.76 Å². The highest BCUT2D eigenvalue weighted by Gasteiger charge is 2.16. The Labute approximate surface area is 204 Å². The van der Waals surface area contributed by atoms with Crippen LogP contribution < -0.4 is 14.8 Å². The normalized spacial score (nSPS) is 10.5. The quantitative estimate of drug-likeness (QED) is 0.221. The molecule has 0 aliphatic carbocycles. The third-order valence-electron chi connectivity index (χ3n) is 4.90. The van der Waals surface area contributed by atoms with Crippen LogP contribution in [-0.2, 0) is 6.61 Å². The number of nitrogens with one attached hydrogen (secondary N) is 1. The summed E-state index contributed by atoms with van der Waals surface area (Å²) in [6.07, 6.45) is 0. The molecule has 182 valence electrons. The minimum Gasteiger partial charge on any atom is -0.486 e. The molecule has 0 radical (unpaired) electrons. The summed E-state index contributed by atoms with van der Waals surface area (Å²) >= 11 is 0. The Morgan fingerprint density at radius 2 is 1.61 bits per heavy atom. The average molecular weight is 489 g/mol. The second kappa shape index (κ2) is 10.4. The molecule has 0 aliphatic heterocycles. The summed E-state index contributed by atoms with van der Waals surface area (Å²) in [5, 5.41) is 24.7. The molecule has 4 aromatic rings.